The lowest BCUT2D eigenvalue weighted by Crippen LogP contribution is -2.53. The Hall–Kier alpha value is -2.41. The molecule has 1 heterocycles. The first kappa shape index (κ1) is 19.9. The van der Waals surface area contributed by atoms with Crippen LogP contribution in [0, 0.1) is 0 Å². The van der Waals surface area contributed by atoms with Crippen LogP contribution in [-0.4, -0.2) is 58.1 Å². The molecule has 3 N–H and O–H groups in total. The Labute approximate surface area is 153 Å². The Kier molecular flexibility index (Phi) is 7.59. The maximum absolute atomic E-state index is 12.7. The standard InChI is InChI=1S/C19H26N2O5/c22-17(23)13-21-12-6-2-5-9-15(18(21)24)20-16(19(25)26)11-10-14-7-3-1-4-8-14/h1,3-4,7-8,15-16,20H,2,5-6,9-13H2,(H,22,23)(H,25,26)/t15-,16?/m0/s1. The van der Waals surface area contributed by atoms with E-state index in [9.17, 15) is 19.5 Å². The second-order valence-corrected chi connectivity index (χ2v) is 6.64. The molecule has 7 nitrogen and oxygen atoms in total. The summed E-state index contributed by atoms with van der Waals surface area (Å²) in [6.45, 7) is 0.0455. The fourth-order valence-electron chi connectivity index (χ4n) is 3.23. The molecule has 1 aliphatic heterocycles. The third-order valence-corrected chi connectivity index (χ3v) is 4.62. The summed E-state index contributed by atoms with van der Waals surface area (Å²) in [6.07, 6.45) is 3.94. The van der Waals surface area contributed by atoms with E-state index >= 15 is 0 Å². The normalized spacial score (nSPS) is 19.5. The molecule has 1 amide bonds. The molecular formula is C19H26N2O5. The van der Waals surface area contributed by atoms with Gasteiger partial charge in [-0.1, -0.05) is 43.2 Å². The van der Waals surface area contributed by atoms with Crippen molar-refractivity contribution in [3.63, 3.8) is 0 Å². The number of carbonyl (C=O) groups is 3. The van der Waals surface area contributed by atoms with Crippen LogP contribution in [0.25, 0.3) is 0 Å². The largest absolute Gasteiger partial charge is 0.480 e. The number of carbonyl (C=O) groups excluding carboxylic acids is 1. The molecule has 0 spiro atoms. The van der Waals surface area contributed by atoms with Crippen molar-refractivity contribution in [1.82, 2.24) is 10.2 Å². The molecule has 1 saturated heterocycles. The molecule has 1 aliphatic rings. The number of hydrogen-bond acceptors (Lipinski definition) is 4. The molecule has 0 bridgehead atoms. The zero-order valence-corrected chi connectivity index (χ0v) is 14.8. The first-order valence-electron chi connectivity index (χ1n) is 9.00. The third-order valence-electron chi connectivity index (χ3n) is 4.62. The van der Waals surface area contributed by atoms with E-state index in [0.717, 1.165) is 24.8 Å². The van der Waals surface area contributed by atoms with Crippen LogP contribution in [-0.2, 0) is 20.8 Å². The highest BCUT2D eigenvalue weighted by Crippen LogP contribution is 2.15. The molecule has 1 aromatic carbocycles. The molecule has 0 radical (unpaired) electrons. The molecule has 2 rings (SSSR count). The quantitative estimate of drug-likeness (QED) is 0.647. The van der Waals surface area contributed by atoms with E-state index in [4.69, 9.17) is 5.11 Å². The molecule has 1 fully saturated rings. The Morgan fingerprint density at radius 1 is 1.15 bits per heavy atom. The van der Waals surface area contributed by atoms with Crippen molar-refractivity contribution in [2.24, 2.45) is 0 Å². The molecule has 142 valence electrons. The maximum Gasteiger partial charge on any atom is 0.323 e. The van der Waals surface area contributed by atoms with Gasteiger partial charge in [0, 0.05) is 6.54 Å². The van der Waals surface area contributed by atoms with Crippen LogP contribution in [0.1, 0.15) is 37.7 Å². The van der Waals surface area contributed by atoms with Crippen LogP contribution in [0.3, 0.4) is 0 Å². The summed E-state index contributed by atoms with van der Waals surface area (Å²) in [5.74, 6) is -2.38. The van der Waals surface area contributed by atoms with Gasteiger partial charge in [-0.15, -0.1) is 0 Å². The van der Waals surface area contributed by atoms with Crippen molar-refractivity contribution in [2.75, 3.05) is 13.1 Å². The van der Waals surface area contributed by atoms with E-state index < -0.39 is 24.0 Å². The van der Waals surface area contributed by atoms with Crippen LogP contribution >= 0.6 is 0 Å². The van der Waals surface area contributed by atoms with Gasteiger partial charge in [-0.2, -0.15) is 0 Å². The lowest BCUT2D eigenvalue weighted by atomic mass is 10.00. The van der Waals surface area contributed by atoms with E-state index in [1.54, 1.807) is 0 Å². The van der Waals surface area contributed by atoms with Gasteiger partial charge in [-0.25, -0.2) is 0 Å². The molecule has 0 aliphatic carbocycles. The second kappa shape index (κ2) is 9.91. The molecule has 1 unspecified atom stereocenters. The topological polar surface area (TPSA) is 107 Å². The number of aliphatic carboxylic acids is 2. The van der Waals surface area contributed by atoms with Gasteiger partial charge in [0.15, 0.2) is 0 Å². The second-order valence-electron chi connectivity index (χ2n) is 6.64. The Morgan fingerprint density at radius 2 is 1.88 bits per heavy atom. The van der Waals surface area contributed by atoms with Gasteiger partial charge in [0.05, 0.1) is 6.04 Å². The molecule has 26 heavy (non-hydrogen) atoms. The van der Waals surface area contributed by atoms with Gasteiger partial charge in [0.25, 0.3) is 0 Å². The molecule has 7 heteroatoms. The average Bonchev–Trinajstić information content (AvgIpc) is 2.60. The van der Waals surface area contributed by atoms with Crippen molar-refractivity contribution in [1.29, 1.82) is 0 Å². The highest BCUT2D eigenvalue weighted by Gasteiger charge is 2.30. The number of benzene rings is 1. The Morgan fingerprint density at radius 3 is 2.54 bits per heavy atom. The first-order valence-corrected chi connectivity index (χ1v) is 9.00. The summed E-state index contributed by atoms with van der Waals surface area (Å²) in [5, 5.41) is 21.5. The van der Waals surface area contributed by atoms with Gasteiger partial charge >= 0.3 is 11.9 Å². The van der Waals surface area contributed by atoms with Gasteiger partial charge in [0.2, 0.25) is 5.91 Å². The van der Waals surface area contributed by atoms with Crippen molar-refractivity contribution >= 4 is 17.8 Å². The minimum atomic E-state index is -1.06. The van der Waals surface area contributed by atoms with Crippen molar-refractivity contribution in [3.8, 4) is 0 Å². The van der Waals surface area contributed by atoms with Crippen LogP contribution in [0.4, 0.5) is 0 Å². The molecule has 2 atom stereocenters. The van der Waals surface area contributed by atoms with Gasteiger partial charge in [0.1, 0.15) is 12.6 Å². The fourth-order valence-corrected chi connectivity index (χ4v) is 3.23. The lowest BCUT2D eigenvalue weighted by Gasteiger charge is -2.30. The van der Waals surface area contributed by atoms with Gasteiger partial charge in [-0.3, -0.25) is 19.7 Å². The molecule has 0 saturated carbocycles. The number of carboxylic acids is 2. The highest BCUT2D eigenvalue weighted by atomic mass is 16.4. The summed E-state index contributed by atoms with van der Waals surface area (Å²) in [6, 6.07) is 8.08. The SMILES string of the molecule is O=C(O)CN1CCCCC[C@H](NC(CCc2ccccc2)C(=O)O)C1=O. The van der Waals surface area contributed by atoms with Crippen molar-refractivity contribution < 1.29 is 24.6 Å². The van der Waals surface area contributed by atoms with Gasteiger partial charge < -0.3 is 15.1 Å². The zero-order chi connectivity index (χ0) is 18.9. The molecule has 0 aromatic heterocycles. The number of likely N-dealkylation sites (tertiary alicyclic amines) is 1. The van der Waals surface area contributed by atoms with Crippen LogP contribution in [0.5, 0.6) is 0 Å². The monoisotopic (exact) mass is 362 g/mol. The van der Waals surface area contributed by atoms with E-state index in [1.807, 2.05) is 30.3 Å². The summed E-state index contributed by atoms with van der Waals surface area (Å²) in [5.41, 5.74) is 1.04. The molecular weight excluding hydrogens is 336 g/mol. The van der Waals surface area contributed by atoms with Crippen LogP contribution in [0.2, 0.25) is 0 Å². The first-order chi connectivity index (χ1) is 12.5. The minimum absolute atomic E-state index is 0.321. The average molecular weight is 362 g/mol. The number of carboxylic acid groups (broad SMARTS) is 2. The highest BCUT2D eigenvalue weighted by molar-refractivity contribution is 5.86. The number of nitrogens with one attached hydrogen (secondary N) is 1. The van der Waals surface area contributed by atoms with Gasteiger partial charge in [-0.05, 0) is 31.2 Å². The number of nitrogens with zero attached hydrogens (tertiary/aromatic N) is 1. The third kappa shape index (κ3) is 6.15. The summed E-state index contributed by atoms with van der Waals surface area (Å²) in [7, 11) is 0. The number of aryl methyl sites for hydroxylation is 1. The van der Waals surface area contributed by atoms with E-state index in [0.29, 0.717) is 25.8 Å². The summed E-state index contributed by atoms with van der Waals surface area (Å²) < 4.78 is 0. The Balaban J connectivity index is 2.02. The predicted molar refractivity (Wildman–Crippen MR) is 95.8 cm³/mol. The maximum atomic E-state index is 12.7. The van der Waals surface area contributed by atoms with E-state index in [-0.39, 0.29) is 12.5 Å². The summed E-state index contributed by atoms with van der Waals surface area (Å²) >= 11 is 0. The zero-order valence-electron chi connectivity index (χ0n) is 14.8. The molecule has 1 aromatic rings. The number of hydrogen-bond donors (Lipinski definition) is 3. The van der Waals surface area contributed by atoms with Crippen molar-refractivity contribution in [2.45, 2.75) is 50.6 Å². The van der Waals surface area contributed by atoms with Crippen LogP contribution in [0.15, 0.2) is 30.3 Å². The number of amides is 1. The van der Waals surface area contributed by atoms with E-state index in [2.05, 4.69) is 5.32 Å². The summed E-state index contributed by atoms with van der Waals surface area (Å²) in [4.78, 5) is 36.6. The minimum Gasteiger partial charge on any atom is -0.480 e. The smallest absolute Gasteiger partial charge is 0.323 e. The fraction of sp³-hybridized carbons (Fsp3) is 0.526. The lowest BCUT2D eigenvalue weighted by molar-refractivity contribution is -0.147. The number of rotatable bonds is 8. The predicted octanol–water partition coefficient (Wildman–Crippen LogP) is 1.52. The van der Waals surface area contributed by atoms with E-state index in [1.165, 1.54) is 4.90 Å². The Bertz CT molecular complexity index is 620. The van der Waals surface area contributed by atoms with Crippen LogP contribution < -0.4 is 5.32 Å². The van der Waals surface area contributed by atoms with Crippen molar-refractivity contribution in [3.05, 3.63) is 35.9 Å².